The molecule has 0 aliphatic carbocycles. The average Bonchev–Trinajstić information content (AvgIpc) is 3.40. The molecule has 2 fully saturated rings. The van der Waals surface area contributed by atoms with Crippen LogP contribution in [0.2, 0.25) is 5.02 Å². The van der Waals surface area contributed by atoms with Crippen molar-refractivity contribution in [3.8, 4) is 5.69 Å². The Balaban J connectivity index is 1.57. The van der Waals surface area contributed by atoms with E-state index in [1.165, 1.54) is 0 Å². The molecule has 3 amide bonds. The normalized spacial score (nSPS) is 18.2. The zero-order valence-corrected chi connectivity index (χ0v) is 18.4. The fraction of sp³-hybridized carbons (Fsp3) is 0.318. The van der Waals surface area contributed by atoms with Crippen LogP contribution in [0, 0.1) is 13.8 Å². The Morgan fingerprint density at radius 1 is 1.13 bits per heavy atom. The fourth-order valence-corrected chi connectivity index (χ4v) is 4.86. The van der Waals surface area contributed by atoms with Gasteiger partial charge in [0, 0.05) is 35.2 Å². The van der Waals surface area contributed by atoms with Gasteiger partial charge in [-0.15, -0.1) is 0 Å². The zero-order valence-electron chi connectivity index (χ0n) is 16.9. The number of aromatic nitrogens is 1. The topological polar surface area (TPSA) is 62.6 Å². The second kappa shape index (κ2) is 8.32. The second-order valence-corrected chi connectivity index (χ2v) is 8.92. The van der Waals surface area contributed by atoms with E-state index < -0.39 is 11.1 Å². The Bertz CT molecular complexity index is 1050. The lowest BCUT2D eigenvalue weighted by atomic mass is 10.2. The number of hydrogen-bond acceptors (Lipinski definition) is 4. The molecule has 0 unspecified atom stereocenters. The average molecular weight is 444 g/mol. The largest absolute Gasteiger partial charge is 0.341 e. The van der Waals surface area contributed by atoms with Crippen LogP contribution in [-0.4, -0.2) is 51.1 Å². The van der Waals surface area contributed by atoms with Crippen molar-refractivity contribution >= 4 is 46.5 Å². The highest BCUT2D eigenvalue weighted by molar-refractivity contribution is 8.18. The Kier molecular flexibility index (Phi) is 5.75. The van der Waals surface area contributed by atoms with Gasteiger partial charge in [-0.05, 0) is 80.4 Å². The summed E-state index contributed by atoms with van der Waals surface area (Å²) in [6.45, 7) is 5.16. The molecule has 0 radical (unpaired) electrons. The van der Waals surface area contributed by atoms with Gasteiger partial charge in [0.05, 0.1) is 4.91 Å². The van der Waals surface area contributed by atoms with Crippen molar-refractivity contribution in [1.29, 1.82) is 0 Å². The quantitative estimate of drug-likeness (QED) is 0.657. The van der Waals surface area contributed by atoms with Crippen LogP contribution in [0.25, 0.3) is 11.8 Å². The van der Waals surface area contributed by atoms with Crippen LogP contribution in [0.5, 0.6) is 0 Å². The van der Waals surface area contributed by atoms with Gasteiger partial charge in [0.25, 0.3) is 11.1 Å². The van der Waals surface area contributed by atoms with Crippen molar-refractivity contribution in [2.75, 3.05) is 19.6 Å². The number of halogens is 1. The molecule has 8 heteroatoms. The van der Waals surface area contributed by atoms with Crippen molar-refractivity contribution in [3.63, 3.8) is 0 Å². The molecule has 1 aromatic carbocycles. The van der Waals surface area contributed by atoms with Crippen molar-refractivity contribution in [2.24, 2.45) is 0 Å². The van der Waals surface area contributed by atoms with Gasteiger partial charge in [-0.2, -0.15) is 0 Å². The maximum Gasteiger partial charge on any atom is 0.294 e. The number of imide groups is 1. The molecule has 2 saturated heterocycles. The third kappa shape index (κ3) is 3.91. The predicted octanol–water partition coefficient (Wildman–Crippen LogP) is 4.41. The van der Waals surface area contributed by atoms with Gasteiger partial charge in [-0.3, -0.25) is 19.3 Å². The van der Waals surface area contributed by atoms with Gasteiger partial charge < -0.3 is 9.47 Å². The number of benzene rings is 1. The number of aryl methyl sites for hydroxylation is 1. The molecule has 1 aromatic heterocycles. The number of nitrogens with zero attached hydrogens (tertiary/aromatic N) is 3. The molecule has 0 N–H and O–H groups in total. The molecule has 3 heterocycles. The highest BCUT2D eigenvalue weighted by Crippen LogP contribution is 2.34. The van der Waals surface area contributed by atoms with Crippen LogP contribution in [-0.2, 0) is 9.59 Å². The number of rotatable bonds is 4. The summed E-state index contributed by atoms with van der Waals surface area (Å²) in [5.41, 5.74) is 3.79. The van der Waals surface area contributed by atoms with Crippen LogP contribution in [0.3, 0.4) is 0 Å². The van der Waals surface area contributed by atoms with Gasteiger partial charge in [-0.1, -0.05) is 11.6 Å². The maximum atomic E-state index is 12.8. The van der Waals surface area contributed by atoms with E-state index in [0.29, 0.717) is 23.0 Å². The van der Waals surface area contributed by atoms with Crippen LogP contribution in [0.1, 0.15) is 29.8 Å². The van der Waals surface area contributed by atoms with Gasteiger partial charge in [0.2, 0.25) is 5.91 Å². The van der Waals surface area contributed by atoms with E-state index in [-0.39, 0.29) is 12.5 Å². The van der Waals surface area contributed by atoms with Crippen molar-refractivity contribution in [2.45, 2.75) is 26.7 Å². The summed E-state index contributed by atoms with van der Waals surface area (Å²) in [6, 6.07) is 9.51. The summed E-state index contributed by atoms with van der Waals surface area (Å²) < 4.78 is 2.07. The van der Waals surface area contributed by atoms with E-state index in [0.717, 1.165) is 52.1 Å². The molecule has 30 heavy (non-hydrogen) atoms. The van der Waals surface area contributed by atoms with E-state index >= 15 is 0 Å². The number of carbonyl (C=O) groups is 3. The predicted molar refractivity (Wildman–Crippen MR) is 119 cm³/mol. The van der Waals surface area contributed by atoms with E-state index in [1.54, 1.807) is 11.0 Å². The molecule has 6 nitrogen and oxygen atoms in total. The summed E-state index contributed by atoms with van der Waals surface area (Å²) in [5.74, 6) is -0.578. The summed E-state index contributed by atoms with van der Waals surface area (Å²) in [4.78, 5) is 40.7. The number of thioether (sulfide) groups is 1. The standard InChI is InChI=1S/C22H22ClN3O3S/c1-14-11-16(15(2)26(14)18-7-5-17(23)6-8-18)12-19-21(28)25(22(29)30-19)13-20(27)24-9-3-4-10-24/h5-8,11-12H,3-4,9-10,13H2,1-2H3/b19-12-. The van der Waals surface area contributed by atoms with Crippen LogP contribution >= 0.6 is 23.4 Å². The SMILES string of the molecule is Cc1cc(/C=C2\SC(=O)N(CC(=O)N3CCCC3)C2=O)c(C)n1-c1ccc(Cl)cc1. The first-order chi connectivity index (χ1) is 14.3. The molecule has 4 rings (SSSR count). The Hall–Kier alpha value is -2.51. The summed E-state index contributed by atoms with van der Waals surface area (Å²) in [6.07, 6.45) is 3.67. The molecule has 0 bridgehead atoms. The maximum absolute atomic E-state index is 12.8. The van der Waals surface area contributed by atoms with Crippen LogP contribution < -0.4 is 0 Å². The minimum absolute atomic E-state index is 0.169. The summed E-state index contributed by atoms with van der Waals surface area (Å²) in [5, 5.41) is 0.267. The molecular formula is C22H22ClN3O3S. The first-order valence-corrected chi connectivity index (χ1v) is 11.0. The van der Waals surface area contributed by atoms with Crippen molar-refractivity contribution in [3.05, 3.63) is 57.2 Å². The number of hydrogen-bond donors (Lipinski definition) is 0. The molecule has 2 aliphatic rings. The Labute approximate surface area is 184 Å². The van der Waals surface area contributed by atoms with Crippen molar-refractivity contribution < 1.29 is 14.4 Å². The molecule has 156 valence electrons. The van der Waals surface area contributed by atoms with E-state index in [9.17, 15) is 14.4 Å². The molecule has 2 aromatic rings. The number of carbonyl (C=O) groups excluding carboxylic acids is 3. The van der Waals surface area contributed by atoms with Crippen LogP contribution in [0.4, 0.5) is 4.79 Å². The second-order valence-electron chi connectivity index (χ2n) is 7.49. The molecule has 0 saturated carbocycles. The van der Waals surface area contributed by atoms with Crippen LogP contribution in [0.15, 0.2) is 35.2 Å². The molecule has 0 spiro atoms. The van der Waals surface area contributed by atoms with Gasteiger partial charge in [0.15, 0.2) is 0 Å². The highest BCUT2D eigenvalue weighted by Gasteiger charge is 2.37. The first-order valence-electron chi connectivity index (χ1n) is 9.83. The van der Waals surface area contributed by atoms with E-state index in [4.69, 9.17) is 11.6 Å². The zero-order chi connectivity index (χ0) is 21.4. The smallest absolute Gasteiger partial charge is 0.294 e. The fourth-order valence-electron chi connectivity index (χ4n) is 3.90. The number of likely N-dealkylation sites (tertiary alicyclic amines) is 1. The van der Waals surface area contributed by atoms with Gasteiger partial charge in [-0.25, -0.2) is 0 Å². The Morgan fingerprint density at radius 3 is 2.47 bits per heavy atom. The van der Waals surface area contributed by atoms with E-state index in [2.05, 4.69) is 4.57 Å². The monoisotopic (exact) mass is 443 g/mol. The van der Waals surface area contributed by atoms with Gasteiger partial charge in [0.1, 0.15) is 6.54 Å². The Morgan fingerprint density at radius 2 is 1.80 bits per heavy atom. The van der Waals surface area contributed by atoms with Crippen molar-refractivity contribution in [1.82, 2.24) is 14.4 Å². The summed E-state index contributed by atoms with van der Waals surface area (Å²) in [7, 11) is 0. The number of amides is 3. The minimum atomic E-state index is -0.408. The minimum Gasteiger partial charge on any atom is -0.341 e. The lowest BCUT2D eigenvalue weighted by Crippen LogP contribution is -2.40. The molecule has 0 atom stereocenters. The molecular weight excluding hydrogens is 422 g/mol. The molecule has 2 aliphatic heterocycles. The summed E-state index contributed by atoms with van der Waals surface area (Å²) >= 11 is 6.88. The first kappa shape index (κ1) is 20.8. The van der Waals surface area contributed by atoms with Gasteiger partial charge >= 0.3 is 0 Å². The lowest BCUT2D eigenvalue weighted by Gasteiger charge is -2.18. The third-order valence-corrected chi connectivity index (χ3v) is 6.63. The third-order valence-electron chi connectivity index (χ3n) is 5.47. The highest BCUT2D eigenvalue weighted by atomic mass is 35.5. The van der Waals surface area contributed by atoms with E-state index in [1.807, 2.05) is 44.2 Å². The lowest BCUT2D eigenvalue weighted by molar-refractivity contribution is -0.135.